The number of fused-ring (bicyclic) bond motifs is 2. The minimum atomic E-state index is 0.427. The number of rotatable bonds is 4. The van der Waals surface area contributed by atoms with Crippen molar-refractivity contribution in [3.63, 3.8) is 0 Å². The number of nitrogens with zero attached hydrogens (tertiary/aromatic N) is 2. The number of benzene rings is 1. The molecule has 2 aromatic rings. The maximum atomic E-state index is 8.81. The third kappa shape index (κ3) is 4.59. The molecule has 0 radical (unpaired) electrons. The molecular weight excluding hydrogens is 438 g/mol. The van der Waals surface area contributed by atoms with Crippen molar-refractivity contribution in [1.29, 1.82) is 5.41 Å². The van der Waals surface area contributed by atoms with Crippen molar-refractivity contribution in [3.05, 3.63) is 46.3 Å². The second-order valence-corrected chi connectivity index (χ2v) is 12.6. The highest BCUT2D eigenvalue weighted by atomic mass is 14.8. The summed E-state index contributed by atoms with van der Waals surface area (Å²) in [6, 6.07) is 4.92. The van der Waals surface area contributed by atoms with E-state index in [1.165, 1.54) is 91.3 Å². The molecule has 0 amide bonds. The number of aromatic nitrogens is 1. The van der Waals surface area contributed by atoms with Crippen molar-refractivity contribution >= 4 is 17.6 Å². The molecule has 0 saturated heterocycles. The molecule has 1 aliphatic heterocycles. The van der Waals surface area contributed by atoms with Gasteiger partial charge < -0.3 is 5.41 Å². The maximum absolute atomic E-state index is 8.81. The van der Waals surface area contributed by atoms with Crippen LogP contribution in [-0.4, -0.2) is 16.9 Å². The molecule has 6 rings (SSSR count). The van der Waals surface area contributed by atoms with Gasteiger partial charge in [0, 0.05) is 34.9 Å². The molecule has 4 aliphatic rings. The summed E-state index contributed by atoms with van der Waals surface area (Å²) >= 11 is 0. The topological polar surface area (TPSA) is 49.1 Å². The fourth-order valence-electron chi connectivity index (χ4n) is 7.65. The quantitative estimate of drug-likeness (QED) is 0.437. The lowest BCUT2D eigenvalue weighted by atomic mass is 9.80. The lowest BCUT2D eigenvalue weighted by Crippen LogP contribution is -2.15. The Kier molecular flexibility index (Phi) is 6.60. The molecule has 5 atom stereocenters. The monoisotopic (exact) mass is 481 g/mol. The molecule has 2 heterocycles. The highest BCUT2D eigenvalue weighted by Gasteiger charge is 2.45. The Labute approximate surface area is 217 Å². The molecule has 1 N–H and O–H groups in total. The SMILES string of the molecule is CC(=N)c1c(C2CC2C2CCCCCC(C)C2)cc(-c2cnc3c(c2)CCCC3)c2c1N=CC(C)C2. The summed E-state index contributed by atoms with van der Waals surface area (Å²) in [4.78, 5) is 9.98. The number of aryl methyl sites for hydroxylation is 2. The fraction of sp³-hybridized carbons (Fsp3) is 0.606. The average Bonchev–Trinajstić information content (AvgIpc) is 3.65. The van der Waals surface area contributed by atoms with Crippen molar-refractivity contribution in [3.8, 4) is 11.1 Å². The number of pyridine rings is 1. The van der Waals surface area contributed by atoms with Crippen LogP contribution in [0.5, 0.6) is 0 Å². The van der Waals surface area contributed by atoms with Crippen molar-refractivity contribution in [2.75, 3.05) is 0 Å². The average molecular weight is 482 g/mol. The molecule has 1 aromatic carbocycles. The minimum Gasteiger partial charge on any atom is -0.305 e. The van der Waals surface area contributed by atoms with Gasteiger partial charge in [0.15, 0.2) is 0 Å². The van der Waals surface area contributed by atoms with E-state index in [2.05, 4.69) is 38.4 Å². The third-order valence-electron chi connectivity index (χ3n) is 9.60. The van der Waals surface area contributed by atoms with Gasteiger partial charge in [-0.2, -0.15) is 0 Å². The Morgan fingerprint density at radius 2 is 1.81 bits per heavy atom. The molecule has 3 heteroatoms. The van der Waals surface area contributed by atoms with Gasteiger partial charge in [0.05, 0.1) is 5.69 Å². The minimum absolute atomic E-state index is 0.427. The number of aliphatic imine (C=N–C) groups is 1. The van der Waals surface area contributed by atoms with Crippen LogP contribution < -0.4 is 0 Å². The first kappa shape index (κ1) is 24.1. The Balaban J connectivity index is 1.43. The van der Waals surface area contributed by atoms with Crippen LogP contribution in [0.25, 0.3) is 11.1 Å². The molecule has 3 aliphatic carbocycles. The number of hydrogen-bond donors (Lipinski definition) is 1. The van der Waals surface area contributed by atoms with Crippen molar-refractivity contribution < 1.29 is 0 Å². The Bertz CT molecular complexity index is 1190. The zero-order valence-electron chi connectivity index (χ0n) is 22.6. The lowest BCUT2D eigenvalue weighted by molar-refractivity contribution is 0.282. The molecule has 190 valence electrons. The number of hydrogen-bond acceptors (Lipinski definition) is 3. The molecular formula is C33H43N3. The van der Waals surface area contributed by atoms with E-state index >= 15 is 0 Å². The van der Waals surface area contributed by atoms with Gasteiger partial charge in [-0.3, -0.25) is 9.98 Å². The van der Waals surface area contributed by atoms with Crippen molar-refractivity contribution in [2.45, 2.75) is 104 Å². The van der Waals surface area contributed by atoms with Gasteiger partial charge in [0.25, 0.3) is 0 Å². The van der Waals surface area contributed by atoms with E-state index in [1.807, 2.05) is 6.92 Å². The molecule has 36 heavy (non-hydrogen) atoms. The summed E-state index contributed by atoms with van der Waals surface area (Å²) in [5.74, 6) is 3.49. The van der Waals surface area contributed by atoms with Crippen LogP contribution in [0.15, 0.2) is 23.3 Å². The highest BCUT2D eigenvalue weighted by Crippen LogP contribution is 2.58. The van der Waals surface area contributed by atoms with E-state index in [9.17, 15) is 0 Å². The van der Waals surface area contributed by atoms with E-state index in [-0.39, 0.29) is 0 Å². The van der Waals surface area contributed by atoms with Crippen molar-refractivity contribution in [2.24, 2.45) is 28.7 Å². The Morgan fingerprint density at radius 1 is 0.972 bits per heavy atom. The molecule has 3 nitrogen and oxygen atoms in total. The molecule has 2 fully saturated rings. The van der Waals surface area contributed by atoms with Crippen LogP contribution in [0.1, 0.15) is 112 Å². The van der Waals surface area contributed by atoms with Crippen LogP contribution >= 0.6 is 0 Å². The van der Waals surface area contributed by atoms with Gasteiger partial charge in [0.2, 0.25) is 0 Å². The predicted molar refractivity (Wildman–Crippen MR) is 151 cm³/mol. The van der Waals surface area contributed by atoms with Crippen LogP contribution in [0.2, 0.25) is 0 Å². The Morgan fingerprint density at radius 3 is 2.67 bits per heavy atom. The van der Waals surface area contributed by atoms with Gasteiger partial charge in [-0.1, -0.05) is 46.0 Å². The lowest BCUT2D eigenvalue weighted by Gasteiger charge is -2.27. The second-order valence-electron chi connectivity index (χ2n) is 12.6. The fourth-order valence-corrected chi connectivity index (χ4v) is 7.65. The van der Waals surface area contributed by atoms with E-state index in [1.54, 1.807) is 0 Å². The smallest absolute Gasteiger partial charge is 0.0757 e. The van der Waals surface area contributed by atoms with E-state index in [0.717, 1.165) is 48.3 Å². The summed E-state index contributed by atoms with van der Waals surface area (Å²) in [6.45, 7) is 6.71. The normalized spacial score (nSPS) is 29.6. The molecule has 0 spiro atoms. The summed E-state index contributed by atoms with van der Waals surface area (Å²) in [6.07, 6.45) is 19.8. The van der Waals surface area contributed by atoms with Crippen molar-refractivity contribution in [1.82, 2.24) is 4.98 Å². The van der Waals surface area contributed by atoms with Gasteiger partial charge in [-0.25, -0.2) is 0 Å². The van der Waals surface area contributed by atoms with Gasteiger partial charge in [-0.15, -0.1) is 0 Å². The standard InChI is InChI=1S/C33H43N3/c1-20-9-5-4-6-10-23(13-20)26-16-28(26)29-17-27(25-15-24-11-7-8-12-31(24)35-19-25)30-14-21(2)18-36-33(30)32(29)22(3)34/h15,17-21,23,26,28,34H,4-14,16H2,1-3H3. The summed E-state index contributed by atoms with van der Waals surface area (Å²) in [5.41, 5.74) is 11.0. The van der Waals surface area contributed by atoms with Gasteiger partial charge in [-0.05, 0) is 116 Å². The zero-order valence-corrected chi connectivity index (χ0v) is 22.6. The first-order valence-electron chi connectivity index (χ1n) is 14.8. The summed E-state index contributed by atoms with van der Waals surface area (Å²) in [7, 11) is 0. The van der Waals surface area contributed by atoms with E-state index in [0.29, 0.717) is 17.5 Å². The highest BCUT2D eigenvalue weighted by molar-refractivity contribution is 6.05. The van der Waals surface area contributed by atoms with Crippen LogP contribution in [0, 0.1) is 29.1 Å². The van der Waals surface area contributed by atoms with Gasteiger partial charge >= 0.3 is 0 Å². The first-order valence-corrected chi connectivity index (χ1v) is 14.8. The van der Waals surface area contributed by atoms with E-state index in [4.69, 9.17) is 15.4 Å². The van der Waals surface area contributed by atoms with Gasteiger partial charge in [0.1, 0.15) is 0 Å². The first-order chi connectivity index (χ1) is 17.5. The van der Waals surface area contributed by atoms with Crippen LogP contribution in [0.3, 0.4) is 0 Å². The molecule has 2 saturated carbocycles. The number of nitrogens with one attached hydrogen (secondary N) is 1. The van der Waals surface area contributed by atoms with E-state index < -0.39 is 0 Å². The van der Waals surface area contributed by atoms with Crippen LogP contribution in [-0.2, 0) is 19.3 Å². The largest absolute Gasteiger partial charge is 0.305 e. The summed E-state index contributed by atoms with van der Waals surface area (Å²) < 4.78 is 0. The molecule has 1 aromatic heterocycles. The third-order valence-corrected chi connectivity index (χ3v) is 9.60. The Hall–Kier alpha value is -2.29. The second kappa shape index (κ2) is 9.88. The maximum Gasteiger partial charge on any atom is 0.0757 e. The summed E-state index contributed by atoms with van der Waals surface area (Å²) in [5, 5.41) is 8.81. The predicted octanol–water partition coefficient (Wildman–Crippen LogP) is 8.62. The molecule has 0 bridgehead atoms. The zero-order chi connectivity index (χ0) is 24.8. The molecule has 5 unspecified atom stereocenters. The van der Waals surface area contributed by atoms with Crippen LogP contribution in [0.4, 0.5) is 5.69 Å².